The molecule has 1 unspecified atom stereocenters. The third-order valence-corrected chi connectivity index (χ3v) is 4.69. The van der Waals surface area contributed by atoms with Crippen molar-refractivity contribution in [3.05, 3.63) is 16.1 Å². The monoisotopic (exact) mass is 340 g/mol. The number of thiazole rings is 1. The van der Waals surface area contributed by atoms with Crippen LogP contribution >= 0.6 is 11.3 Å². The van der Waals surface area contributed by atoms with E-state index in [2.05, 4.69) is 4.98 Å². The molecule has 0 saturated carbocycles. The number of carboxylic acids is 1. The number of aromatic nitrogens is 1. The van der Waals surface area contributed by atoms with Crippen molar-refractivity contribution < 1.29 is 19.4 Å². The number of aryl methyl sites for hydroxylation is 1. The topological polar surface area (TPSA) is 79.7 Å². The highest BCUT2D eigenvalue weighted by Crippen LogP contribution is 2.35. The van der Waals surface area contributed by atoms with Gasteiger partial charge in [0.25, 0.3) is 0 Å². The van der Waals surface area contributed by atoms with Gasteiger partial charge in [0.2, 0.25) is 0 Å². The summed E-state index contributed by atoms with van der Waals surface area (Å²) in [6.45, 7) is 8.00. The molecular weight excluding hydrogens is 316 g/mol. The molecule has 2 heterocycles. The third kappa shape index (κ3) is 4.43. The Hall–Kier alpha value is -1.63. The van der Waals surface area contributed by atoms with E-state index in [0.29, 0.717) is 25.8 Å². The number of carboxylic acid groups (broad SMARTS) is 1. The van der Waals surface area contributed by atoms with Crippen molar-refractivity contribution in [1.82, 2.24) is 9.88 Å². The number of nitrogens with zero attached hydrogens (tertiary/aromatic N) is 2. The fraction of sp³-hybridized carbons (Fsp3) is 0.688. The summed E-state index contributed by atoms with van der Waals surface area (Å²) < 4.78 is 5.39. The fourth-order valence-electron chi connectivity index (χ4n) is 2.84. The van der Waals surface area contributed by atoms with Gasteiger partial charge in [-0.3, -0.25) is 4.79 Å². The van der Waals surface area contributed by atoms with Crippen molar-refractivity contribution in [2.75, 3.05) is 13.1 Å². The van der Waals surface area contributed by atoms with Crippen LogP contribution in [0.15, 0.2) is 5.38 Å². The molecule has 1 aliphatic heterocycles. The maximum absolute atomic E-state index is 12.3. The van der Waals surface area contributed by atoms with Crippen molar-refractivity contribution >= 4 is 23.4 Å². The largest absolute Gasteiger partial charge is 0.481 e. The minimum Gasteiger partial charge on any atom is -0.481 e. The van der Waals surface area contributed by atoms with E-state index in [9.17, 15) is 14.7 Å². The van der Waals surface area contributed by atoms with E-state index in [1.165, 1.54) is 16.2 Å². The van der Waals surface area contributed by atoms with E-state index in [1.54, 1.807) is 20.8 Å². The number of amides is 1. The highest BCUT2D eigenvalue weighted by atomic mass is 32.1. The smallest absolute Gasteiger partial charge is 0.410 e. The zero-order valence-corrected chi connectivity index (χ0v) is 14.9. The Balaban J connectivity index is 2.16. The van der Waals surface area contributed by atoms with Crippen molar-refractivity contribution in [3.8, 4) is 0 Å². The molecular formula is C16H24N2O4S. The van der Waals surface area contributed by atoms with E-state index in [4.69, 9.17) is 4.74 Å². The molecule has 6 nitrogen and oxygen atoms in total. The number of hydrogen-bond donors (Lipinski definition) is 1. The highest BCUT2D eigenvalue weighted by Gasteiger charge is 2.45. The molecule has 1 aromatic heterocycles. The van der Waals surface area contributed by atoms with Crippen LogP contribution in [0, 0.1) is 12.3 Å². The minimum atomic E-state index is -0.990. The van der Waals surface area contributed by atoms with Gasteiger partial charge in [0.05, 0.1) is 16.1 Å². The lowest BCUT2D eigenvalue weighted by Gasteiger charge is -2.40. The molecule has 23 heavy (non-hydrogen) atoms. The summed E-state index contributed by atoms with van der Waals surface area (Å²) in [6, 6.07) is 0. The second-order valence-corrected chi connectivity index (χ2v) is 8.19. The van der Waals surface area contributed by atoms with Gasteiger partial charge < -0.3 is 14.7 Å². The van der Waals surface area contributed by atoms with Gasteiger partial charge in [-0.25, -0.2) is 9.78 Å². The second kappa shape index (κ2) is 6.47. The fourth-order valence-corrected chi connectivity index (χ4v) is 3.46. The molecule has 1 N–H and O–H groups in total. The van der Waals surface area contributed by atoms with Crippen LogP contribution in [0.4, 0.5) is 4.79 Å². The standard InChI is InChI=1S/C16H24N2O4S/c1-11-17-12(9-23-11)8-16(13(19)20)6-5-7-18(10-16)14(21)22-15(2,3)4/h9H,5-8,10H2,1-4H3,(H,19,20). The zero-order valence-electron chi connectivity index (χ0n) is 14.1. The zero-order chi connectivity index (χ0) is 17.3. The molecule has 0 spiro atoms. The van der Waals surface area contributed by atoms with Gasteiger partial charge in [0.1, 0.15) is 5.60 Å². The van der Waals surface area contributed by atoms with Gasteiger partial charge in [-0.1, -0.05) is 0 Å². The number of carbonyl (C=O) groups is 2. The van der Waals surface area contributed by atoms with Crippen LogP contribution in [0.1, 0.15) is 44.3 Å². The molecule has 1 atom stereocenters. The normalized spacial score (nSPS) is 22.0. The summed E-state index contributed by atoms with van der Waals surface area (Å²) >= 11 is 1.51. The summed E-state index contributed by atoms with van der Waals surface area (Å²) in [6.07, 6.45) is 1.08. The molecule has 7 heteroatoms. The van der Waals surface area contributed by atoms with Gasteiger partial charge in [-0.05, 0) is 40.5 Å². The van der Waals surface area contributed by atoms with Gasteiger partial charge >= 0.3 is 12.1 Å². The SMILES string of the molecule is Cc1nc(CC2(C(=O)O)CCCN(C(=O)OC(C)(C)C)C2)cs1. The van der Waals surface area contributed by atoms with Crippen LogP contribution < -0.4 is 0 Å². The third-order valence-electron chi connectivity index (χ3n) is 3.87. The summed E-state index contributed by atoms with van der Waals surface area (Å²) in [7, 11) is 0. The van der Waals surface area contributed by atoms with Gasteiger partial charge in [0, 0.05) is 24.9 Å². The predicted molar refractivity (Wildman–Crippen MR) is 87.7 cm³/mol. The Morgan fingerprint density at radius 2 is 2.17 bits per heavy atom. The summed E-state index contributed by atoms with van der Waals surface area (Å²) in [5, 5.41) is 12.6. The number of carbonyl (C=O) groups excluding carboxylic acids is 1. The minimum absolute atomic E-state index is 0.161. The van der Waals surface area contributed by atoms with Crippen LogP contribution in [0.3, 0.4) is 0 Å². The second-order valence-electron chi connectivity index (χ2n) is 7.13. The van der Waals surface area contributed by atoms with E-state index < -0.39 is 23.1 Å². The van der Waals surface area contributed by atoms with Gasteiger partial charge in [0.15, 0.2) is 0 Å². The molecule has 0 aromatic carbocycles. The van der Waals surface area contributed by atoms with E-state index in [1.807, 2.05) is 12.3 Å². The highest BCUT2D eigenvalue weighted by molar-refractivity contribution is 7.09. The van der Waals surface area contributed by atoms with Gasteiger partial charge in [-0.15, -0.1) is 11.3 Å². The Kier molecular flexibility index (Phi) is 4.98. The summed E-state index contributed by atoms with van der Waals surface area (Å²) in [5.74, 6) is -0.878. The summed E-state index contributed by atoms with van der Waals surface area (Å²) in [5.41, 5.74) is -0.803. The van der Waals surface area contributed by atoms with E-state index >= 15 is 0 Å². The van der Waals surface area contributed by atoms with E-state index in [0.717, 1.165) is 10.7 Å². The molecule has 1 aliphatic rings. The molecule has 1 fully saturated rings. The Morgan fingerprint density at radius 1 is 1.48 bits per heavy atom. The number of hydrogen-bond acceptors (Lipinski definition) is 5. The molecule has 1 saturated heterocycles. The first-order valence-corrected chi connectivity index (χ1v) is 8.62. The van der Waals surface area contributed by atoms with Crippen molar-refractivity contribution in [2.24, 2.45) is 5.41 Å². The average molecular weight is 340 g/mol. The molecule has 128 valence electrons. The molecule has 0 radical (unpaired) electrons. The predicted octanol–water partition coefficient (Wildman–Crippen LogP) is 3.10. The Labute approximate surface area is 140 Å². The molecule has 1 amide bonds. The van der Waals surface area contributed by atoms with Crippen molar-refractivity contribution in [2.45, 2.75) is 52.6 Å². The lowest BCUT2D eigenvalue weighted by molar-refractivity contribution is -0.152. The maximum Gasteiger partial charge on any atom is 0.410 e. The Bertz CT molecular complexity index is 593. The van der Waals surface area contributed by atoms with Crippen LogP contribution in [0.2, 0.25) is 0 Å². The molecule has 0 aliphatic carbocycles. The van der Waals surface area contributed by atoms with Crippen LogP contribution in [-0.2, 0) is 16.0 Å². The lowest BCUT2D eigenvalue weighted by Crippen LogP contribution is -2.52. The maximum atomic E-state index is 12.3. The first-order valence-electron chi connectivity index (χ1n) is 7.74. The Morgan fingerprint density at radius 3 is 2.70 bits per heavy atom. The van der Waals surface area contributed by atoms with Crippen LogP contribution in [0.25, 0.3) is 0 Å². The molecule has 0 bridgehead atoms. The number of piperidine rings is 1. The number of ether oxygens (including phenoxy) is 1. The average Bonchev–Trinajstić information content (AvgIpc) is 2.82. The molecule has 2 rings (SSSR count). The molecule has 1 aromatic rings. The van der Waals surface area contributed by atoms with Crippen molar-refractivity contribution in [1.29, 1.82) is 0 Å². The van der Waals surface area contributed by atoms with Crippen molar-refractivity contribution in [3.63, 3.8) is 0 Å². The number of rotatable bonds is 3. The lowest BCUT2D eigenvalue weighted by atomic mass is 9.76. The number of likely N-dealkylation sites (tertiary alicyclic amines) is 1. The van der Waals surface area contributed by atoms with E-state index in [-0.39, 0.29) is 6.54 Å². The van der Waals surface area contributed by atoms with Crippen LogP contribution in [-0.4, -0.2) is 45.7 Å². The first-order chi connectivity index (χ1) is 10.6. The van der Waals surface area contributed by atoms with Gasteiger partial charge in [-0.2, -0.15) is 0 Å². The summed E-state index contributed by atoms with van der Waals surface area (Å²) in [4.78, 5) is 30.1. The van der Waals surface area contributed by atoms with Crippen LogP contribution in [0.5, 0.6) is 0 Å². The first kappa shape index (κ1) is 17.7. The quantitative estimate of drug-likeness (QED) is 0.914. The number of aliphatic carboxylic acids is 1.